The van der Waals surface area contributed by atoms with Gasteiger partial charge in [-0.15, -0.1) is 0 Å². The van der Waals surface area contributed by atoms with Gasteiger partial charge in [-0.2, -0.15) is 13.2 Å². The molecule has 0 aliphatic carbocycles. The number of rotatable bonds is 3. The van der Waals surface area contributed by atoms with Crippen LogP contribution in [0.2, 0.25) is 0 Å². The summed E-state index contributed by atoms with van der Waals surface area (Å²) in [6, 6.07) is 15.1. The zero-order valence-electron chi connectivity index (χ0n) is 13.9. The normalized spacial score (nSPS) is 13.3. The number of carbonyl (C=O) groups is 2. The first-order valence-corrected chi connectivity index (χ1v) is 8.15. The van der Waals surface area contributed by atoms with Crippen molar-refractivity contribution in [1.82, 2.24) is 0 Å². The van der Waals surface area contributed by atoms with Gasteiger partial charge in [0, 0.05) is 16.6 Å². The molecule has 1 aliphatic heterocycles. The third kappa shape index (κ3) is 3.01. The Morgan fingerprint density at radius 2 is 1.70 bits per heavy atom. The summed E-state index contributed by atoms with van der Waals surface area (Å²) < 4.78 is 38.4. The summed E-state index contributed by atoms with van der Waals surface area (Å²) in [6.45, 7) is -0.289. The lowest BCUT2D eigenvalue weighted by Crippen LogP contribution is -2.35. The number of amides is 2. The molecule has 2 amide bonds. The molecule has 3 aromatic carbocycles. The maximum Gasteiger partial charge on any atom is 0.416 e. The van der Waals surface area contributed by atoms with E-state index in [0.29, 0.717) is 11.3 Å². The Morgan fingerprint density at radius 1 is 1.00 bits per heavy atom. The summed E-state index contributed by atoms with van der Waals surface area (Å²) in [5, 5.41) is 4.09. The Kier molecular flexibility index (Phi) is 3.87. The zero-order valence-corrected chi connectivity index (χ0v) is 13.9. The Balaban J connectivity index is 1.57. The van der Waals surface area contributed by atoms with Crippen molar-refractivity contribution in [3.63, 3.8) is 0 Å². The molecule has 0 aromatic heterocycles. The molecule has 4 nitrogen and oxygen atoms in total. The quantitative estimate of drug-likeness (QED) is 0.740. The predicted octanol–water partition coefficient (Wildman–Crippen LogP) is 4.46. The van der Waals surface area contributed by atoms with Gasteiger partial charge in [-0.25, -0.2) is 0 Å². The van der Waals surface area contributed by atoms with E-state index in [9.17, 15) is 22.8 Å². The van der Waals surface area contributed by atoms with E-state index in [-0.39, 0.29) is 18.1 Å². The van der Waals surface area contributed by atoms with E-state index in [1.807, 2.05) is 12.1 Å². The van der Waals surface area contributed by atoms with E-state index in [0.717, 1.165) is 22.9 Å². The van der Waals surface area contributed by atoms with Crippen molar-refractivity contribution in [3.8, 4) is 0 Å². The summed E-state index contributed by atoms with van der Waals surface area (Å²) in [5.41, 5.74) is 0.300. The first kappa shape index (κ1) is 17.1. The van der Waals surface area contributed by atoms with E-state index >= 15 is 0 Å². The maximum atomic E-state index is 12.8. The highest BCUT2D eigenvalue weighted by Gasteiger charge is 2.32. The second kappa shape index (κ2) is 6.12. The van der Waals surface area contributed by atoms with Gasteiger partial charge in [-0.05, 0) is 35.7 Å². The molecule has 4 rings (SSSR count). The number of alkyl halides is 3. The van der Waals surface area contributed by atoms with Crippen LogP contribution in [0.1, 0.15) is 15.9 Å². The molecule has 0 spiro atoms. The number of carbonyl (C=O) groups excluding carboxylic acids is 2. The standard InChI is InChI=1S/C20H13F3N2O2/c21-20(22,23)13-6-3-7-14(10-13)24-17(26)11-25-16-9-2-5-12-4-1-8-15(18(12)16)19(25)27/h1-10H,11H2,(H,24,26). The average molecular weight is 370 g/mol. The molecular formula is C20H13F3N2O2. The van der Waals surface area contributed by atoms with Crippen LogP contribution in [0.5, 0.6) is 0 Å². The summed E-state index contributed by atoms with van der Waals surface area (Å²) in [7, 11) is 0. The second-order valence-electron chi connectivity index (χ2n) is 6.20. The van der Waals surface area contributed by atoms with Crippen LogP contribution in [-0.2, 0) is 11.0 Å². The van der Waals surface area contributed by atoms with Crippen molar-refractivity contribution < 1.29 is 22.8 Å². The van der Waals surface area contributed by atoms with Gasteiger partial charge in [0.15, 0.2) is 0 Å². The minimum atomic E-state index is -4.50. The van der Waals surface area contributed by atoms with Crippen molar-refractivity contribution in [3.05, 3.63) is 71.8 Å². The van der Waals surface area contributed by atoms with Crippen LogP contribution in [-0.4, -0.2) is 18.4 Å². The fourth-order valence-electron chi connectivity index (χ4n) is 3.25. The maximum absolute atomic E-state index is 12.8. The molecule has 27 heavy (non-hydrogen) atoms. The van der Waals surface area contributed by atoms with Gasteiger partial charge in [0.25, 0.3) is 5.91 Å². The van der Waals surface area contributed by atoms with Gasteiger partial charge >= 0.3 is 6.18 Å². The number of anilines is 2. The number of hydrogen-bond acceptors (Lipinski definition) is 2. The summed E-state index contributed by atoms with van der Waals surface area (Å²) >= 11 is 0. The minimum Gasteiger partial charge on any atom is -0.325 e. The molecule has 0 radical (unpaired) electrons. The number of nitrogens with zero attached hydrogens (tertiary/aromatic N) is 1. The third-order valence-corrected chi connectivity index (χ3v) is 4.42. The van der Waals surface area contributed by atoms with E-state index in [4.69, 9.17) is 0 Å². The van der Waals surface area contributed by atoms with Crippen LogP contribution in [0, 0.1) is 0 Å². The highest BCUT2D eigenvalue weighted by atomic mass is 19.4. The topological polar surface area (TPSA) is 49.4 Å². The summed E-state index contributed by atoms with van der Waals surface area (Å²) in [6.07, 6.45) is -4.50. The molecule has 1 aliphatic rings. The summed E-state index contributed by atoms with van der Waals surface area (Å²) in [4.78, 5) is 26.3. The predicted molar refractivity (Wildman–Crippen MR) is 95.7 cm³/mol. The first-order chi connectivity index (χ1) is 12.8. The van der Waals surface area contributed by atoms with Crippen LogP contribution in [0.3, 0.4) is 0 Å². The SMILES string of the molecule is O=C(CN1C(=O)c2cccc3cccc1c23)Nc1cccc(C(F)(F)F)c1. The number of benzene rings is 3. The molecule has 0 atom stereocenters. The Morgan fingerprint density at radius 3 is 2.44 bits per heavy atom. The lowest BCUT2D eigenvalue weighted by molar-refractivity contribution is -0.137. The third-order valence-electron chi connectivity index (χ3n) is 4.42. The van der Waals surface area contributed by atoms with Crippen LogP contribution in [0.15, 0.2) is 60.7 Å². The van der Waals surface area contributed by atoms with Gasteiger partial charge in [0.05, 0.1) is 11.3 Å². The van der Waals surface area contributed by atoms with Crippen LogP contribution < -0.4 is 10.2 Å². The average Bonchev–Trinajstić information content (AvgIpc) is 2.89. The largest absolute Gasteiger partial charge is 0.416 e. The Bertz CT molecular complexity index is 1070. The Hall–Kier alpha value is -3.35. The van der Waals surface area contributed by atoms with Gasteiger partial charge in [0.1, 0.15) is 6.54 Å². The van der Waals surface area contributed by atoms with Crippen LogP contribution in [0.25, 0.3) is 10.8 Å². The molecule has 3 aromatic rings. The number of halogens is 3. The molecule has 0 fully saturated rings. The smallest absolute Gasteiger partial charge is 0.325 e. The molecule has 0 bridgehead atoms. The van der Waals surface area contributed by atoms with E-state index in [1.54, 1.807) is 24.3 Å². The van der Waals surface area contributed by atoms with Gasteiger partial charge < -0.3 is 5.32 Å². The highest BCUT2D eigenvalue weighted by Crippen LogP contribution is 2.37. The zero-order chi connectivity index (χ0) is 19.2. The fraction of sp³-hybridized carbons (Fsp3) is 0.100. The molecule has 1 heterocycles. The van der Waals surface area contributed by atoms with Crippen LogP contribution >= 0.6 is 0 Å². The van der Waals surface area contributed by atoms with Crippen molar-refractivity contribution in [2.24, 2.45) is 0 Å². The number of hydrogen-bond donors (Lipinski definition) is 1. The molecule has 1 N–H and O–H groups in total. The monoisotopic (exact) mass is 370 g/mol. The van der Waals surface area contributed by atoms with Gasteiger partial charge in [0.2, 0.25) is 5.91 Å². The first-order valence-electron chi connectivity index (χ1n) is 8.15. The van der Waals surface area contributed by atoms with Crippen molar-refractivity contribution >= 4 is 34.0 Å². The van der Waals surface area contributed by atoms with Crippen molar-refractivity contribution in [2.45, 2.75) is 6.18 Å². The number of nitrogens with one attached hydrogen (secondary N) is 1. The van der Waals surface area contributed by atoms with Gasteiger partial charge in [-0.1, -0.05) is 30.3 Å². The second-order valence-corrected chi connectivity index (χ2v) is 6.20. The van der Waals surface area contributed by atoms with E-state index in [2.05, 4.69) is 5.32 Å². The molecule has 7 heteroatoms. The molecule has 0 unspecified atom stereocenters. The summed E-state index contributed by atoms with van der Waals surface area (Å²) in [5.74, 6) is -0.881. The van der Waals surface area contributed by atoms with E-state index in [1.165, 1.54) is 17.0 Å². The van der Waals surface area contributed by atoms with E-state index < -0.39 is 17.6 Å². The lowest BCUT2D eigenvalue weighted by atomic mass is 10.1. The molecule has 0 saturated carbocycles. The molecular weight excluding hydrogens is 357 g/mol. The molecule has 136 valence electrons. The van der Waals surface area contributed by atoms with Gasteiger partial charge in [-0.3, -0.25) is 14.5 Å². The van der Waals surface area contributed by atoms with Crippen molar-refractivity contribution in [2.75, 3.05) is 16.8 Å². The van der Waals surface area contributed by atoms with Crippen molar-refractivity contribution in [1.29, 1.82) is 0 Å². The lowest BCUT2D eigenvalue weighted by Gasteiger charge is -2.17. The Labute approximate surface area is 152 Å². The molecule has 0 saturated heterocycles. The fourth-order valence-corrected chi connectivity index (χ4v) is 3.25. The highest BCUT2D eigenvalue weighted by molar-refractivity contribution is 6.26. The van der Waals surface area contributed by atoms with Crippen LogP contribution in [0.4, 0.5) is 24.5 Å². The minimum absolute atomic E-state index is 0.0252.